The summed E-state index contributed by atoms with van der Waals surface area (Å²) in [4.78, 5) is 27.2. The maximum atomic E-state index is 12.5. The summed E-state index contributed by atoms with van der Waals surface area (Å²) in [6.07, 6.45) is 3.50. The smallest absolute Gasteiger partial charge is 0.308 e. The van der Waals surface area contributed by atoms with E-state index in [1.807, 2.05) is 13.0 Å². The molecule has 1 amide bonds. The quantitative estimate of drug-likeness (QED) is 0.929. The topological polar surface area (TPSA) is 57.6 Å². The van der Waals surface area contributed by atoms with Gasteiger partial charge in [0.2, 0.25) is 0 Å². The average Bonchev–Trinajstić information content (AvgIpc) is 2.80. The highest BCUT2D eigenvalue weighted by molar-refractivity contribution is 7.14. The van der Waals surface area contributed by atoms with E-state index in [1.165, 1.54) is 21.8 Å². The standard InChI is InChI=1S/C15H21NO3S/c1-3-5-11-8-13(20-10(11)2)14(17)16-7-4-6-12(9-16)15(18)19/h8,12H,3-7,9H2,1-2H3,(H,18,19). The molecule has 0 saturated carbocycles. The van der Waals surface area contributed by atoms with Crippen LogP contribution in [-0.4, -0.2) is 35.0 Å². The van der Waals surface area contributed by atoms with E-state index in [1.54, 1.807) is 4.90 Å². The summed E-state index contributed by atoms with van der Waals surface area (Å²) >= 11 is 1.53. The molecule has 1 aliphatic heterocycles. The number of aliphatic carboxylic acids is 1. The number of carboxylic acids is 1. The average molecular weight is 295 g/mol. The number of carboxylic acid groups (broad SMARTS) is 1. The van der Waals surface area contributed by atoms with Crippen molar-refractivity contribution in [2.45, 2.75) is 39.5 Å². The zero-order valence-corrected chi connectivity index (χ0v) is 12.8. The maximum absolute atomic E-state index is 12.5. The molecule has 1 aliphatic rings. The molecule has 1 aromatic rings. The molecule has 0 aliphatic carbocycles. The van der Waals surface area contributed by atoms with Gasteiger partial charge in [-0.1, -0.05) is 13.3 Å². The summed E-state index contributed by atoms with van der Waals surface area (Å²) in [6, 6.07) is 1.98. The Balaban J connectivity index is 2.10. The first-order valence-electron chi connectivity index (χ1n) is 7.14. The zero-order chi connectivity index (χ0) is 14.7. The van der Waals surface area contributed by atoms with E-state index in [0.29, 0.717) is 19.5 Å². The molecular formula is C15H21NO3S. The molecule has 4 nitrogen and oxygen atoms in total. The van der Waals surface area contributed by atoms with Gasteiger partial charge in [0, 0.05) is 18.0 Å². The third-order valence-electron chi connectivity index (χ3n) is 3.81. The minimum atomic E-state index is -0.795. The Morgan fingerprint density at radius 1 is 1.50 bits per heavy atom. The van der Waals surface area contributed by atoms with Crippen LogP contribution in [0.25, 0.3) is 0 Å². The van der Waals surface area contributed by atoms with Crippen LogP contribution >= 0.6 is 11.3 Å². The summed E-state index contributed by atoms with van der Waals surface area (Å²) in [6.45, 7) is 5.18. The summed E-state index contributed by atoms with van der Waals surface area (Å²) < 4.78 is 0. The summed E-state index contributed by atoms with van der Waals surface area (Å²) in [5.41, 5.74) is 1.24. The molecule has 2 heterocycles. The first-order valence-corrected chi connectivity index (χ1v) is 7.96. The first-order chi connectivity index (χ1) is 9.52. The number of piperidine rings is 1. The van der Waals surface area contributed by atoms with Gasteiger partial charge in [-0.2, -0.15) is 0 Å². The van der Waals surface area contributed by atoms with Crippen LogP contribution in [0.3, 0.4) is 0 Å². The molecule has 110 valence electrons. The van der Waals surface area contributed by atoms with Crippen molar-refractivity contribution >= 4 is 23.2 Å². The van der Waals surface area contributed by atoms with Crippen molar-refractivity contribution in [1.29, 1.82) is 0 Å². The third kappa shape index (κ3) is 3.20. The monoisotopic (exact) mass is 295 g/mol. The van der Waals surface area contributed by atoms with Crippen LogP contribution in [0.1, 0.15) is 46.3 Å². The number of hydrogen-bond acceptors (Lipinski definition) is 3. The predicted octanol–water partition coefficient (Wildman–Crippen LogP) is 2.95. The molecule has 5 heteroatoms. The van der Waals surface area contributed by atoms with Crippen molar-refractivity contribution in [3.63, 3.8) is 0 Å². The van der Waals surface area contributed by atoms with Gasteiger partial charge in [0.05, 0.1) is 10.8 Å². The van der Waals surface area contributed by atoms with Crippen molar-refractivity contribution < 1.29 is 14.7 Å². The fourth-order valence-electron chi connectivity index (χ4n) is 2.66. The zero-order valence-electron chi connectivity index (χ0n) is 12.0. The van der Waals surface area contributed by atoms with Gasteiger partial charge in [-0.15, -0.1) is 11.3 Å². The van der Waals surface area contributed by atoms with Gasteiger partial charge in [0.25, 0.3) is 5.91 Å². The second kappa shape index (κ2) is 6.39. The Labute approximate surface area is 123 Å². The Morgan fingerprint density at radius 2 is 2.25 bits per heavy atom. The Bertz CT molecular complexity index is 509. The number of amides is 1. The highest BCUT2D eigenvalue weighted by Gasteiger charge is 2.29. The van der Waals surface area contributed by atoms with E-state index >= 15 is 0 Å². The van der Waals surface area contributed by atoms with E-state index in [0.717, 1.165) is 24.1 Å². The third-order valence-corrected chi connectivity index (χ3v) is 4.89. The molecule has 0 spiro atoms. The van der Waals surface area contributed by atoms with E-state index in [-0.39, 0.29) is 5.91 Å². The molecule has 1 unspecified atom stereocenters. The molecule has 0 radical (unpaired) electrons. The number of nitrogens with zero attached hydrogens (tertiary/aromatic N) is 1. The van der Waals surface area contributed by atoms with Crippen molar-refractivity contribution in [3.05, 3.63) is 21.4 Å². The lowest BCUT2D eigenvalue weighted by Gasteiger charge is -2.30. The minimum absolute atomic E-state index is 0.00796. The van der Waals surface area contributed by atoms with Crippen molar-refractivity contribution in [2.75, 3.05) is 13.1 Å². The number of rotatable bonds is 4. The SMILES string of the molecule is CCCc1cc(C(=O)N2CCCC(C(=O)O)C2)sc1C. The van der Waals surface area contributed by atoms with Crippen LogP contribution < -0.4 is 0 Å². The lowest BCUT2D eigenvalue weighted by atomic mass is 9.98. The fourth-order valence-corrected chi connectivity index (χ4v) is 3.70. The van der Waals surface area contributed by atoms with Crippen molar-refractivity contribution in [1.82, 2.24) is 4.90 Å². The highest BCUT2D eigenvalue weighted by atomic mass is 32.1. The van der Waals surface area contributed by atoms with E-state index in [4.69, 9.17) is 5.11 Å². The second-order valence-corrected chi connectivity index (χ2v) is 6.63. The second-order valence-electron chi connectivity index (χ2n) is 5.37. The predicted molar refractivity (Wildman–Crippen MR) is 79.3 cm³/mol. The van der Waals surface area contributed by atoms with E-state index in [9.17, 15) is 9.59 Å². The largest absolute Gasteiger partial charge is 0.481 e. The molecule has 1 aromatic heterocycles. The van der Waals surface area contributed by atoms with Crippen LogP contribution in [0.15, 0.2) is 6.07 Å². The number of hydrogen-bond donors (Lipinski definition) is 1. The maximum Gasteiger partial charge on any atom is 0.308 e. The molecule has 1 fully saturated rings. The van der Waals surface area contributed by atoms with Gasteiger partial charge in [0.15, 0.2) is 0 Å². The molecular weight excluding hydrogens is 274 g/mol. The van der Waals surface area contributed by atoms with Gasteiger partial charge in [0.1, 0.15) is 0 Å². The Hall–Kier alpha value is -1.36. The normalized spacial score (nSPS) is 19.1. The number of aryl methyl sites for hydroxylation is 2. The van der Waals surface area contributed by atoms with Crippen LogP contribution in [-0.2, 0) is 11.2 Å². The van der Waals surface area contributed by atoms with Crippen molar-refractivity contribution in [3.8, 4) is 0 Å². The van der Waals surface area contributed by atoms with Crippen molar-refractivity contribution in [2.24, 2.45) is 5.92 Å². The Kier molecular flexibility index (Phi) is 4.81. The lowest BCUT2D eigenvalue weighted by molar-refractivity contribution is -0.143. The van der Waals surface area contributed by atoms with Gasteiger partial charge >= 0.3 is 5.97 Å². The van der Waals surface area contributed by atoms with Crippen LogP contribution in [0.5, 0.6) is 0 Å². The molecule has 1 atom stereocenters. The number of likely N-dealkylation sites (tertiary alicyclic amines) is 1. The first kappa shape index (κ1) is 15.0. The van der Waals surface area contributed by atoms with Crippen LogP contribution in [0, 0.1) is 12.8 Å². The molecule has 1 saturated heterocycles. The van der Waals surface area contributed by atoms with Gasteiger partial charge in [-0.05, 0) is 37.8 Å². The van der Waals surface area contributed by atoms with E-state index in [2.05, 4.69) is 6.92 Å². The van der Waals surface area contributed by atoms with Crippen LogP contribution in [0.2, 0.25) is 0 Å². The molecule has 20 heavy (non-hydrogen) atoms. The van der Waals surface area contributed by atoms with E-state index < -0.39 is 11.9 Å². The minimum Gasteiger partial charge on any atom is -0.481 e. The summed E-state index contributed by atoms with van der Waals surface area (Å²) in [5.74, 6) is -1.22. The van der Waals surface area contributed by atoms with Crippen LogP contribution in [0.4, 0.5) is 0 Å². The molecule has 2 rings (SSSR count). The summed E-state index contributed by atoms with van der Waals surface area (Å²) in [5, 5.41) is 9.09. The van der Waals surface area contributed by atoms with Gasteiger partial charge < -0.3 is 10.0 Å². The van der Waals surface area contributed by atoms with Gasteiger partial charge in [-0.3, -0.25) is 9.59 Å². The summed E-state index contributed by atoms with van der Waals surface area (Å²) in [7, 11) is 0. The number of thiophene rings is 1. The fraction of sp³-hybridized carbons (Fsp3) is 0.600. The van der Waals surface area contributed by atoms with Gasteiger partial charge in [-0.25, -0.2) is 0 Å². The molecule has 1 N–H and O–H groups in total. The number of carbonyl (C=O) groups excluding carboxylic acids is 1. The molecule has 0 bridgehead atoms. The number of carbonyl (C=O) groups is 2. The highest BCUT2D eigenvalue weighted by Crippen LogP contribution is 2.26. The molecule has 0 aromatic carbocycles. The Morgan fingerprint density at radius 3 is 2.90 bits per heavy atom. The lowest BCUT2D eigenvalue weighted by Crippen LogP contribution is -2.42.